The number of nitrogens with zero attached hydrogens (tertiary/aromatic N) is 3. The Morgan fingerprint density at radius 3 is 2.38 bits per heavy atom. The van der Waals surface area contributed by atoms with Crippen LogP contribution in [0.2, 0.25) is 5.02 Å². The molecule has 29 heavy (non-hydrogen) atoms. The van der Waals surface area contributed by atoms with Crippen LogP contribution in [0.3, 0.4) is 0 Å². The van der Waals surface area contributed by atoms with Crippen LogP contribution in [0.15, 0.2) is 90.0 Å². The molecule has 0 bridgehead atoms. The summed E-state index contributed by atoms with van der Waals surface area (Å²) in [6.07, 6.45) is 1.63. The Kier molecular flexibility index (Phi) is 5.49. The van der Waals surface area contributed by atoms with Crippen molar-refractivity contribution < 1.29 is 5.11 Å². The second-order valence-corrected chi connectivity index (χ2v) is 6.64. The van der Waals surface area contributed by atoms with Gasteiger partial charge in [0.15, 0.2) is 11.6 Å². The molecular formula is C23H17ClN4O. The van der Waals surface area contributed by atoms with E-state index in [1.54, 1.807) is 30.5 Å². The predicted molar refractivity (Wildman–Crippen MR) is 117 cm³/mol. The van der Waals surface area contributed by atoms with Gasteiger partial charge in [0.2, 0.25) is 0 Å². The van der Waals surface area contributed by atoms with Crippen molar-refractivity contribution in [3.8, 4) is 28.4 Å². The molecule has 0 aliphatic carbocycles. The minimum absolute atomic E-state index is 0.114. The lowest BCUT2D eigenvalue weighted by atomic mass is 10.1. The lowest BCUT2D eigenvalue weighted by Gasteiger charge is -2.09. The van der Waals surface area contributed by atoms with E-state index in [2.05, 4.69) is 20.5 Å². The lowest BCUT2D eigenvalue weighted by molar-refractivity contribution is 0.477. The van der Waals surface area contributed by atoms with Crippen LogP contribution in [-0.2, 0) is 0 Å². The van der Waals surface area contributed by atoms with E-state index < -0.39 is 0 Å². The molecule has 0 aliphatic rings. The van der Waals surface area contributed by atoms with Crippen LogP contribution < -0.4 is 5.43 Å². The largest absolute Gasteiger partial charge is 0.507 e. The van der Waals surface area contributed by atoms with Crippen LogP contribution in [0.5, 0.6) is 5.75 Å². The molecule has 0 saturated carbocycles. The number of halogens is 1. The molecule has 0 saturated heterocycles. The summed E-state index contributed by atoms with van der Waals surface area (Å²) in [6, 6.07) is 26.0. The Balaban J connectivity index is 1.72. The van der Waals surface area contributed by atoms with E-state index in [-0.39, 0.29) is 5.75 Å². The topological polar surface area (TPSA) is 70.4 Å². The lowest BCUT2D eigenvalue weighted by Crippen LogP contribution is -1.99. The predicted octanol–water partition coefficient (Wildman–Crippen LogP) is 5.62. The molecule has 142 valence electrons. The average Bonchev–Trinajstić information content (AvgIpc) is 2.76. The Bertz CT molecular complexity index is 1160. The Morgan fingerprint density at radius 2 is 1.59 bits per heavy atom. The summed E-state index contributed by atoms with van der Waals surface area (Å²) in [5, 5.41) is 15.1. The van der Waals surface area contributed by atoms with Gasteiger partial charge in [-0.25, -0.2) is 9.97 Å². The molecule has 0 atom stereocenters. The molecule has 1 aromatic heterocycles. The number of rotatable bonds is 5. The zero-order chi connectivity index (χ0) is 20.1. The zero-order valence-corrected chi connectivity index (χ0v) is 16.1. The SMILES string of the molecule is Oc1ccccc1-c1nc(NN=Cc2ccccc2Cl)cc(-c2ccccc2)n1. The van der Waals surface area contributed by atoms with Gasteiger partial charge >= 0.3 is 0 Å². The van der Waals surface area contributed by atoms with Crippen molar-refractivity contribution in [1.82, 2.24) is 9.97 Å². The highest BCUT2D eigenvalue weighted by atomic mass is 35.5. The Morgan fingerprint density at radius 1 is 0.862 bits per heavy atom. The molecule has 0 amide bonds. The summed E-state index contributed by atoms with van der Waals surface area (Å²) in [6.45, 7) is 0. The fraction of sp³-hybridized carbons (Fsp3) is 0. The maximum absolute atomic E-state index is 10.2. The van der Waals surface area contributed by atoms with Crippen molar-refractivity contribution in [2.24, 2.45) is 5.10 Å². The van der Waals surface area contributed by atoms with Crippen LogP contribution in [0.25, 0.3) is 22.6 Å². The number of nitrogens with one attached hydrogen (secondary N) is 1. The first-order valence-corrected chi connectivity index (χ1v) is 9.35. The fourth-order valence-corrected chi connectivity index (χ4v) is 2.98. The van der Waals surface area contributed by atoms with Crippen LogP contribution in [0.4, 0.5) is 5.82 Å². The highest BCUT2D eigenvalue weighted by Gasteiger charge is 2.11. The van der Waals surface area contributed by atoms with Crippen LogP contribution in [0, 0.1) is 0 Å². The van der Waals surface area contributed by atoms with E-state index in [1.807, 2.05) is 60.7 Å². The van der Waals surface area contributed by atoms with E-state index in [0.717, 1.165) is 11.1 Å². The quantitative estimate of drug-likeness (QED) is 0.337. The summed E-state index contributed by atoms with van der Waals surface area (Å²) < 4.78 is 0. The van der Waals surface area contributed by atoms with Gasteiger partial charge < -0.3 is 5.11 Å². The number of para-hydroxylation sites is 1. The second kappa shape index (κ2) is 8.54. The number of aromatic nitrogens is 2. The van der Waals surface area contributed by atoms with Gasteiger partial charge in [0.05, 0.1) is 17.5 Å². The van der Waals surface area contributed by atoms with Gasteiger partial charge in [-0.05, 0) is 18.2 Å². The summed E-state index contributed by atoms with van der Waals surface area (Å²) in [7, 11) is 0. The molecule has 0 radical (unpaired) electrons. The van der Waals surface area contributed by atoms with Crippen molar-refractivity contribution in [3.63, 3.8) is 0 Å². The highest BCUT2D eigenvalue weighted by molar-refractivity contribution is 6.33. The first-order valence-electron chi connectivity index (χ1n) is 8.97. The summed E-state index contributed by atoms with van der Waals surface area (Å²) >= 11 is 6.16. The third kappa shape index (κ3) is 4.42. The van der Waals surface area contributed by atoms with E-state index >= 15 is 0 Å². The van der Waals surface area contributed by atoms with Crippen LogP contribution in [0.1, 0.15) is 5.56 Å². The van der Waals surface area contributed by atoms with Gasteiger partial charge in [0.25, 0.3) is 0 Å². The number of aromatic hydroxyl groups is 1. The average molecular weight is 401 g/mol. The first-order chi connectivity index (χ1) is 14.2. The van der Waals surface area contributed by atoms with E-state index in [4.69, 9.17) is 11.6 Å². The molecule has 3 aromatic carbocycles. The minimum atomic E-state index is 0.114. The number of benzene rings is 3. The molecule has 4 rings (SSSR count). The molecule has 0 spiro atoms. The van der Waals surface area contributed by atoms with E-state index in [1.165, 1.54) is 0 Å². The normalized spacial score (nSPS) is 10.9. The number of phenolic OH excluding ortho intramolecular Hbond substituents is 1. The summed E-state index contributed by atoms with van der Waals surface area (Å²) in [5.74, 6) is 1.02. The molecule has 0 fully saturated rings. The van der Waals surface area contributed by atoms with Crippen molar-refractivity contribution in [2.45, 2.75) is 0 Å². The highest BCUT2D eigenvalue weighted by Crippen LogP contribution is 2.29. The third-order valence-corrected chi connectivity index (χ3v) is 4.57. The number of hydrogen-bond donors (Lipinski definition) is 2. The molecular weight excluding hydrogens is 384 g/mol. The van der Waals surface area contributed by atoms with E-state index in [9.17, 15) is 5.11 Å². The van der Waals surface area contributed by atoms with Gasteiger partial charge in [-0.2, -0.15) is 5.10 Å². The third-order valence-electron chi connectivity index (χ3n) is 4.23. The monoisotopic (exact) mass is 400 g/mol. The smallest absolute Gasteiger partial charge is 0.165 e. The van der Waals surface area contributed by atoms with Crippen LogP contribution in [-0.4, -0.2) is 21.3 Å². The van der Waals surface area contributed by atoms with Gasteiger partial charge in [-0.1, -0.05) is 72.3 Å². The van der Waals surface area contributed by atoms with E-state index in [0.29, 0.717) is 27.9 Å². The van der Waals surface area contributed by atoms with Gasteiger partial charge in [-0.3, -0.25) is 5.43 Å². The number of hydrazone groups is 1. The Hall–Kier alpha value is -3.70. The van der Waals surface area contributed by atoms with Gasteiger partial charge in [0.1, 0.15) is 5.75 Å². The molecule has 2 N–H and O–H groups in total. The van der Waals surface area contributed by atoms with Crippen LogP contribution >= 0.6 is 11.6 Å². The Labute approximate surface area is 173 Å². The number of anilines is 1. The second-order valence-electron chi connectivity index (χ2n) is 6.24. The number of hydrogen-bond acceptors (Lipinski definition) is 5. The summed E-state index contributed by atoms with van der Waals surface area (Å²) in [5.41, 5.74) is 5.93. The zero-order valence-electron chi connectivity index (χ0n) is 15.3. The minimum Gasteiger partial charge on any atom is -0.507 e. The molecule has 4 aromatic rings. The first kappa shape index (κ1) is 18.7. The molecule has 6 heteroatoms. The van der Waals surface area contributed by atoms with Gasteiger partial charge in [0, 0.05) is 22.2 Å². The number of phenols is 1. The maximum Gasteiger partial charge on any atom is 0.165 e. The molecule has 0 aliphatic heterocycles. The van der Waals surface area contributed by atoms with Crippen molar-refractivity contribution >= 4 is 23.6 Å². The maximum atomic E-state index is 10.2. The summed E-state index contributed by atoms with van der Waals surface area (Å²) in [4.78, 5) is 9.15. The molecule has 0 unspecified atom stereocenters. The van der Waals surface area contributed by atoms with Gasteiger partial charge in [-0.15, -0.1) is 0 Å². The fourth-order valence-electron chi connectivity index (χ4n) is 2.79. The van der Waals surface area contributed by atoms with Crippen molar-refractivity contribution in [3.05, 3.63) is 95.5 Å². The molecule has 1 heterocycles. The van der Waals surface area contributed by atoms with Crippen molar-refractivity contribution in [1.29, 1.82) is 0 Å². The molecule has 5 nitrogen and oxygen atoms in total. The van der Waals surface area contributed by atoms with Crippen molar-refractivity contribution in [2.75, 3.05) is 5.43 Å². The standard InChI is InChI=1S/C23H17ClN4O/c24-19-12-6-4-10-17(19)15-25-28-22-14-20(16-8-2-1-3-9-16)26-23(27-22)18-11-5-7-13-21(18)29/h1-15,29H,(H,26,27,28).